The maximum atomic E-state index is 9.35. The van der Waals surface area contributed by atoms with Gasteiger partial charge in [-0.05, 0) is 5.92 Å². The van der Waals surface area contributed by atoms with Crippen LogP contribution in [0.2, 0.25) is 0 Å². The van der Waals surface area contributed by atoms with Gasteiger partial charge in [-0.15, -0.1) is 0 Å². The van der Waals surface area contributed by atoms with Crippen molar-refractivity contribution in [2.75, 3.05) is 4.43 Å². The molecule has 0 aromatic carbocycles. The number of carbonyl (C=O) groups is 1. The molecular formula is C4H3IO2. The molecule has 0 saturated carbocycles. The molecule has 0 fully saturated rings. The van der Waals surface area contributed by atoms with Crippen molar-refractivity contribution >= 4 is 29.1 Å². The van der Waals surface area contributed by atoms with E-state index < -0.39 is 0 Å². The van der Waals surface area contributed by atoms with E-state index in [0.29, 0.717) is 10.9 Å². The molecule has 0 aliphatic rings. The third kappa shape index (κ3) is 5.76. The molecule has 0 amide bonds. The van der Waals surface area contributed by atoms with Crippen LogP contribution in [0.15, 0.2) is 0 Å². The van der Waals surface area contributed by atoms with E-state index in [1.165, 1.54) is 0 Å². The van der Waals surface area contributed by atoms with Gasteiger partial charge in [0.25, 0.3) is 0 Å². The topological polar surface area (TPSA) is 26.3 Å². The fourth-order valence-electron chi connectivity index (χ4n) is 0.0930. The van der Waals surface area contributed by atoms with Crippen molar-refractivity contribution in [3.8, 4) is 12.0 Å². The summed E-state index contributed by atoms with van der Waals surface area (Å²) < 4.78 is 4.71. The van der Waals surface area contributed by atoms with Gasteiger partial charge in [-0.25, -0.2) is 0 Å². The lowest BCUT2D eigenvalue weighted by molar-refractivity contribution is -0.122. The van der Waals surface area contributed by atoms with Gasteiger partial charge in [0.05, 0.1) is 4.43 Å². The highest BCUT2D eigenvalue weighted by Gasteiger charge is 1.62. The van der Waals surface area contributed by atoms with Crippen molar-refractivity contribution in [1.29, 1.82) is 0 Å². The zero-order valence-electron chi connectivity index (χ0n) is 3.48. The Bertz CT molecular complexity index is 100.0. The highest BCUT2D eigenvalue weighted by atomic mass is 127. The minimum Gasteiger partial charge on any atom is -0.375 e. The fourth-order valence-corrected chi connectivity index (χ4v) is 0.249. The first-order valence-electron chi connectivity index (χ1n) is 1.55. The predicted octanol–water partition coefficient (Wildman–Crippen LogP) is 0.555. The first kappa shape index (κ1) is 6.76. The maximum absolute atomic E-state index is 9.35. The summed E-state index contributed by atoms with van der Waals surface area (Å²) in [5.74, 6) is 2.53. The number of hydrogen-bond donors (Lipinski definition) is 0. The van der Waals surface area contributed by atoms with Crippen molar-refractivity contribution < 1.29 is 9.53 Å². The highest BCUT2D eigenvalue weighted by Crippen LogP contribution is 1.73. The van der Waals surface area contributed by atoms with Crippen LogP contribution < -0.4 is 0 Å². The summed E-state index contributed by atoms with van der Waals surface area (Å²) >= 11 is 2.06. The van der Waals surface area contributed by atoms with Crippen LogP contribution in [0.1, 0.15) is 0 Å². The Kier molecular flexibility index (Phi) is 5.56. The molecule has 3 heteroatoms. The Morgan fingerprint density at radius 1 is 1.86 bits per heavy atom. The van der Waals surface area contributed by atoms with E-state index in [2.05, 4.69) is 39.4 Å². The Hall–Kier alpha value is -0.240. The third-order valence-corrected chi connectivity index (χ3v) is 0.627. The minimum absolute atomic E-state index is 0.305. The van der Waals surface area contributed by atoms with E-state index in [0.717, 1.165) is 0 Å². The third-order valence-electron chi connectivity index (χ3n) is 0.246. The largest absolute Gasteiger partial charge is 0.375 e. The number of ether oxygens (including phenoxy) is 1. The standard InChI is InChI=1S/C4H3IO2/c5-2-1-3-7-4-6/h4H,2H2. The lowest BCUT2D eigenvalue weighted by Crippen LogP contribution is -1.72. The van der Waals surface area contributed by atoms with E-state index in [-0.39, 0.29) is 0 Å². The summed E-state index contributed by atoms with van der Waals surface area (Å²) in [5.41, 5.74) is 0. The first-order valence-corrected chi connectivity index (χ1v) is 3.07. The van der Waals surface area contributed by atoms with Crippen LogP contribution in [0.3, 0.4) is 0 Å². The number of alkyl halides is 1. The molecular weight excluding hydrogens is 207 g/mol. The summed E-state index contributed by atoms with van der Waals surface area (Å²) in [6.07, 6.45) is 2.16. The Morgan fingerprint density at radius 2 is 2.57 bits per heavy atom. The van der Waals surface area contributed by atoms with Crippen molar-refractivity contribution in [2.24, 2.45) is 0 Å². The molecule has 0 aromatic rings. The first-order chi connectivity index (χ1) is 3.41. The fraction of sp³-hybridized carbons (Fsp3) is 0.250. The maximum Gasteiger partial charge on any atom is 0.307 e. The van der Waals surface area contributed by atoms with Gasteiger partial charge in [-0.3, -0.25) is 4.79 Å². The van der Waals surface area contributed by atoms with Gasteiger partial charge in [-0.2, -0.15) is 0 Å². The van der Waals surface area contributed by atoms with Crippen LogP contribution >= 0.6 is 22.6 Å². The Morgan fingerprint density at radius 3 is 3.00 bits per heavy atom. The molecule has 0 saturated heterocycles. The average Bonchev–Trinajstić information content (AvgIpc) is 1.69. The molecule has 0 heterocycles. The van der Waals surface area contributed by atoms with Gasteiger partial charge in [0, 0.05) is 0 Å². The van der Waals surface area contributed by atoms with Crippen LogP contribution in [0.25, 0.3) is 0 Å². The van der Waals surface area contributed by atoms with Crippen LogP contribution in [-0.4, -0.2) is 10.9 Å². The average molecular weight is 210 g/mol. The number of carbonyl (C=O) groups excluding carboxylic acids is 1. The lowest BCUT2D eigenvalue weighted by atomic mass is 10.8. The van der Waals surface area contributed by atoms with Crippen molar-refractivity contribution in [3.63, 3.8) is 0 Å². The van der Waals surface area contributed by atoms with Gasteiger partial charge in [-0.1, -0.05) is 22.6 Å². The predicted molar refractivity (Wildman–Crippen MR) is 33.8 cm³/mol. The second kappa shape index (κ2) is 5.76. The molecule has 7 heavy (non-hydrogen) atoms. The van der Waals surface area contributed by atoms with Crippen molar-refractivity contribution in [3.05, 3.63) is 0 Å². The number of rotatable bonds is 1. The molecule has 0 rings (SSSR count). The van der Waals surface area contributed by atoms with E-state index >= 15 is 0 Å². The molecule has 0 radical (unpaired) electrons. The zero-order chi connectivity index (χ0) is 5.54. The zero-order valence-corrected chi connectivity index (χ0v) is 5.64. The molecule has 0 N–H and O–H groups in total. The Balaban J connectivity index is 3.06. The SMILES string of the molecule is O=COC#CCI. The quantitative estimate of drug-likeness (QED) is 0.273. The molecule has 2 nitrogen and oxygen atoms in total. The number of hydrogen-bond acceptors (Lipinski definition) is 2. The van der Waals surface area contributed by atoms with Crippen LogP contribution in [0, 0.1) is 12.0 Å². The van der Waals surface area contributed by atoms with Gasteiger partial charge < -0.3 is 4.74 Å². The summed E-state index contributed by atoms with van der Waals surface area (Å²) in [6.45, 7) is 0.305. The molecule has 0 unspecified atom stereocenters. The minimum atomic E-state index is 0.305. The molecule has 0 aliphatic carbocycles. The van der Waals surface area contributed by atoms with Crippen LogP contribution in [0.4, 0.5) is 0 Å². The van der Waals surface area contributed by atoms with Crippen LogP contribution in [-0.2, 0) is 9.53 Å². The highest BCUT2D eigenvalue weighted by molar-refractivity contribution is 14.1. The monoisotopic (exact) mass is 210 g/mol. The van der Waals surface area contributed by atoms with Crippen molar-refractivity contribution in [2.45, 2.75) is 0 Å². The van der Waals surface area contributed by atoms with E-state index in [1.54, 1.807) is 0 Å². The summed E-state index contributed by atoms with van der Waals surface area (Å²) in [4.78, 5) is 9.35. The van der Waals surface area contributed by atoms with E-state index in [4.69, 9.17) is 0 Å². The van der Waals surface area contributed by atoms with Gasteiger partial charge in [0.1, 0.15) is 6.11 Å². The van der Waals surface area contributed by atoms with Gasteiger partial charge >= 0.3 is 6.47 Å². The van der Waals surface area contributed by atoms with Gasteiger partial charge in [0.15, 0.2) is 0 Å². The Labute approximate surface area is 55.4 Å². The second-order valence-corrected chi connectivity index (χ2v) is 1.39. The van der Waals surface area contributed by atoms with Crippen molar-refractivity contribution in [1.82, 2.24) is 0 Å². The molecule has 0 aliphatic heterocycles. The molecule has 0 bridgehead atoms. The van der Waals surface area contributed by atoms with E-state index in [1.807, 2.05) is 0 Å². The molecule has 0 spiro atoms. The number of halogens is 1. The normalized spacial score (nSPS) is 5.86. The summed E-state index contributed by atoms with van der Waals surface area (Å²) in [5, 5.41) is 0. The van der Waals surface area contributed by atoms with Crippen LogP contribution in [0.5, 0.6) is 0 Å². The smallest absolute Gasteiger partial charge is 0.307 e. The van der Waals surface area contributed by atoms with Gasteiger partial charge in [0.2, 0.25) is 0 Å². The molecule has 38 valence electrons. The molecule has 0 atom stereocenters. The van der Waals surface area contributed by atoms with E-state index in [9.17, 15) is 4.79 Å². The summed E-state index contributed by atoms with van der Waals surface area (Å²) in [7, 11) is 0. The summed E-state index contributed by atoms with van der Waals surface area (Å²) in [6, 6.07) is 0. The second-order valence-electron chi connectivity index (χ2n) is 0.627. The lowest BCUT2D eigenvalue weighted by Gasteiger charge is -1.70. The molecule has 0 aromatic heterocycles.